The number of carbonyl (C=O) groups excluding carboxylic acids is 1. The molecule has 0 aliphatic heterocycles. The molecule has 1 fully saturated rings. The number of carbonyl (C=O) groups is 1. The molecule has 1 saturated carbocycles. The van der Waals surface area contributed by atoms with E-state index in [0.29, 0.717) is 11.4 Å². The molecule has 0 aromatic heterocycles. The third-order valence-corrected chi connectivity index (χ3v) is 6.11. The Morgan fingerprint density at radius 1 is 0.821 bits per heavy atom. The van der Waals surface area contributed by atoms with Gasteiger partial charge in [0.15, 0.2) is 0 Å². The molecule has 0 amide bonds. The van der Waals surface area contributed by atoms with Crippen LogP contribution in [-0.4, -0.2) is 20.2 Å². The van der Waals surface area contributed by atoms with Crippen LogP contribution in [0.3, 0.4) is 0 Å². The Hall–Kier alpha value is -2.78. The van der Waals surface area contributed by atoms with E-state index in [2.05, 4.69) is 12.1 Å². The van der Waals surface area contributed by atoms with Crippen LogP contribution in [0.2, 0.25) is 5.02 Å². The molecule has 0 heterocycles. The summed E-state index contributed by atoms with van der Waals surface area (Å²) in [5.74, 6) is 0.539. The van der Waals surface area contributed by atoms with Gasteiger partial charge in [0.25, 0.3) is 0 Å². The number of hydrogen-bond acceptors (Lipinski definition) is 3. The van der Waals surface area contributed by atoms with Gasteiger partial charge in [-0.15, -0.1) is 0 Å². The lowest BCUT2D eigenvalue weighted by Crippen LogP contribution is -2.32. The summed E-state index contributed by atoms with van der Waals surface area (Å²) in [6, 6.07) is 25.6. The van der Waals surface area contributed by atoms with Crippen LogP contribution in [0.4, 0.5) is 0 Å². The van der Waals surface area contributed by atoms with Gasteiger partial charge in [0.1, 0.15) is 11.2 Å². The summed E-state index contributed by atoms with van der Waals surface area (Å²) in [5, 5.41) is 0.638. The summed E-state index contributed by atoms with van der Waals surface area (Å²) >= 11 is 6.10. The molecule has 0 N–H and O–H groups in total. The molecule has 0 spiro atoms. The van der Waals surface area contributed by atoms with Crippen LogP contribution >= 0.6 is 11.6 Å². The average molecular weight is 393 g/mol. The fraction of sp³-hybridized carbons (Fsp3) is 0.208. The molecule has 0 unspecified atom stereocenters. The molecular weight excluding hydrogens is 372 g/mol. The molecule has 3 nitrogen and oxygen atoms in total. The van der Waals surface area contributed by atoms with Crippen molar-refractivity contribution < 1.29 is 14.3 Å². The van der Waals surface area contributed by atoms with Crippen LogP contribution in [0.5, 0.6) is 5.75 Å². The topological polar surface area (TPSA) is 35.5 Å². The Labute approximate surface area is 169 Å². The van der Waals surface area contributed by atoms with Crippen molar-refractivity contribution in [2.24, 2.45) is 0 Å². The predicted octanol–water partition coefficient (Wildman–Crippen LogP) is 5.15. The van der Waals surface area contributed by atoms with Crippen molar-refractivity contribution in [2.45, 2.75) is 17.3 Å². The van der Waals surface area contributed by atoms with Crippen LogP contribution in [-0.2, 0) is 20.4 Å². The minimum absolute atomic E-state index is 0.241. The van der Waals surface area contributed by atoms with E-state index in [1.807, 2.05) is 66.7 Å². The second-order valence-electron chi connectivity index (χ2n) is 7.08. The van der Waals surface area contributed by atoms with E-state index in [-0.39, 0.29) is 5.97 Å². The highest BCUT2D eigenvalue weighted by Gasteiger charge is 2.74. The van der Waals surface area contributed by atoms with Crippen LogP contribution in [0.1, 0.15) is 23.1 Å². The molecule has 142 valence electrons. The Morgan fingerprint density at radius 3 is 1.96 bits per heavy atom. The minimum Gasteiger partial charge on any atom is -0.497 e. The molecule has 28 heavy (non-hydrogen) atoms. The molecule has 1 aliphatic rings. The van der Waals surface area contributed by atoms with E-state index < -0.39 is 10.8 Å². The third-order valence-electron chi connectivity index (χ3n) is 5.85. The number of rotatable bonds is 5. The van der Waals surface area contributed by atoms with Crippen molar-refractivity contribution in [3.63, 3.8) is 0 Å². The smallest absolute Gasteiger partial charge is 0.317 e. The standard InChI is InChI=1S/C24H21ClO3/c1-27-21-14-10-18(11-15-21)23(17-6-4-3-5-7-17)16-24(23,22(26)28-2)19-8-12-20(25)13-9-19/h3-15H,16H2,1-2H3/t23-,24-/m0/s1. The highest BCUT2D eigenvalue weighted by atomic mass is 35.5. The summed E-state index contributed by atoms with van der Waals surface area (Å²) in [7, 11) is 3.09. The Kier molecular flexibility index (Phi) is 4.64. The second-order valence-corrected chi connectivity index (χ2v) is 7.52. The maximum Gasteiger partial charge on any atom is 0.317 e. The zero-order valence-electron chi connectivity index (χ0n) is 15.8. The predicted molar refractivity (Wildman–Crippen MR) is 110 cm³/mol. The van der Waals surface area contributed by atoms with E-state index in [4.69, 9.17) is 21.1 Å². The van der Waals surface area contributed by atoms with Gasteiger partial charge >= 0.3 is 5.97 Å². The van der Waals surface area contributed by atoms with Gasteiger partial charge in [0, 0.05) is 10.4 Å². The van der Waals surface area contributed by atoms with Crippen molar-refractivity contribution in [1.82, 2.24) is 0 Å². The molecule has 0 radical (unpaired) electrons. The first-order valence-corrected chi connectivity index (χ1v) is 9.51. The monoisotopic (exact) mass is 392 g/mol. The van der Waals surface area contributed by atoms with Crippen LogP contribution in [0.15, 0.2) is 78.9 Å². The summed E-state index contributed by atoms with van der Waals surface area (Å²) in [6.07, 6.45) is 0.630. The molecule has 4 heteroatoms. The average Bonchev–Trinajstić information content (AvgIpc) is 3.47. The molecule has 2 atom stereocenters. The van der Waals surface area contributed by atoms with E-state index in [9.17, 15) is 4.79 Å². The molecule has 3 aromatic carbocycles. The fourth-order valence-electron chi connectivity index (χ4n) is 4.44. The van der Waals surface area contributed by atoms with Gasteiger partial charge in [-0.05, 0) is 47.4 Å². The zero-order chi connectivity index (χ0) is 19.8. The number of halogens is 1. The highest BCUT2D eigenvalue weighted by molar-refractivity contribution is 6.30. The number of esters is 1. The van der Waals surface area contributed by atoms with Crippen LogP contribution < -0.4 is 4.74 Å². The normalized spacial score (nSPS) is 23.1. The van der Waals surface area contributed by atoms with E-state index >= 15 is 0 Å². The SMILES string of the molecule is COC(=O)[C@@]1(c2ccc(Cl)cc2)C[C@]1(c1ccccc1)c1ccc(OC)cc1. The van der Waals surface area contributed by atoms with E-state index in [1.165, 1.54) is 7.11 Å². The minimum atomic E-state index is -0.803. The summed E-state index contributed by atoms with van der Waals surface area (Å²) < 4.78 is 10.6. The zero-order valence-corrected chi connectivity index (χ0v) is 16.6. The van der Waals surface area contributed by atoms with Crippen molar-refractivity contribution in [2.75, 3.05) is 14.2 Å². The van der Waals surface area contributed by atoms with Gasteiger partial charge < -0.3 is 9.47 Å². The summed E-state index contributed by atoms with van der Waals surface area (Å²) in [4.78, 5) is 13.2. The fourth-order valence-corrected chi connectivity index (χ4v) is 4.56. The number of methoxy groups -OCH3 is 2. The third kappa shape index (κ3) is 2.61. The largest absolute Gasteiger partial charge is 0.497 e. The Balaban J connectivity index is 1.95. The van der Waals surface area contributed by atoms with Crippen molar-refractivity contribution in [3.05, 3.63) is 101 Å². The maximum absolute atomic E-state index is 13.2. The van der Waals surface area contributed by atoms with Crippen LogP contribution in [0, 0.1) is 0 Å². The van der Waals surface area contributed by atoms with Gasteiger partial charge in [-0.2, -0.15) is 0 Å². The first-order chi connectivity index (χ1) is 13.6. The Morgan fingerprint density at radius 2 is 1.39 bits per heavy atom. The number of ether oxygens (including phenoxy) is 2. The molecule has 0 saturated heterocycles. The van der Waals surface area contributed by atoms with Gasteiger partial charge in [-0.3, -0.25) is 4.79 Å². The quantitative estimate of drug-likeness (QED) is 0.563. The van der Waals surface area contributed by atoms with Gasteiger partial charge in [0.05, 0.1) is 14.2 Å². The number of hydrogen-bond donors (Lipinski definition) is 0. The maximum atomic E-state index is 13.2. The van der Waals surface area contributed by atoms with Gasteiger partial charge in [-0.1, -0.05) is 66.2 Å². The van der Waals surface area contributed by atoms with Crippen LogP contribution in [0.25, 0.3) is 0 Å². The molecule has 3 aromatic rings. The summed E-state index contributed by atoms with van der Waals surface area (Å²) in [5.41, 5.74) is 1.73. The molecule has 4 rings (SSSR count). The number of benzene rings is 3. The molecular formula is C24H21ClO3. The van der Waals surface area contributed by atoms with Gasteiger partial charge in [0.2, 0.25) is 0 Å². The highest BCUT2D eigenvalue weighted by Crippen LogP contribution is 2.69. The Bertz CT molecular complexity index is 983. The molecule has 1 aliphatic carbocycles. The van der Waals surface area contributed by atoms with Crippen molar-refractivity contribution in [1.29, 1.82) is 0 Å². The van der Waals surface area contributed by atoms with Gasteiger partial charge in [-0.25, -0.2) is 0 Å². The second kappa shape index (κ2) is 6.99. The lowest BCUT2D eigenvalue weighted by Gasteiger charge is -2.26. The van der Waals surface area contributed by atoms with Crippen molar-refractivity contribution in [3.8, 4) is 5.75 Å². The molecule has 0 bridgehead atoms. The lowest BCUT2D eigenvalue weighted by atomic mass is 9.77. The van der Waals surface area contributed by atoms with Crippen molar-refractivity contribution >= 4 is 17.6 Å². The summed E-state index contributed by atoms with van der Waals surface area (Å²) in [6.45, 7) is 0. The van der Waals surface area contributed by atoms with E-state index in [0.717, 1.165) is 22.4 Å². The van der Waals surface area contributed by atoms with E-state index in [1.54, 1.807) is 7.11 Å². The lowest BCUT2D eigenvalue weighted by molar-refractivity contribution is -0.144. The first-order valence-electron chi connectivity index (χ1n) is 9.13. The first kappa shape index (κ1) is 18.6.